The lowest BCUT2D eigenvalue weighted by molar-refractivity contribution is -0.274. The van der Waals surface area contributed by atoms with Crippen molar-refractivity contribution in [3.05, 3.63) is 48.0 Å². The monoisotopic (exact) mass is 477 g/mol. The van der Waals surface area contributed by atoms with Crippen molar-refractivity contribution in [3.8, 4) is 17.2 Å². The Hall–Kier alpha value is -3.31. The van der Waals surface area contributed by atoms with Crippen LogP contribution in [-0.4, -0.2) is 67.0 Å². The highest BCUT2D eigenvalue weighted by Crippen LogP contribution is 2.33. The van der Waals surface area contributed by atoms with Crippen molar-refractivity contribution >= 4 is 17.5 Å². The number of ether oxygens (including phenoxy) is 3. The van der Waals surface area contributed by atoms with Crippen molar-refractivity contribution in [3.63, 3.8) is 0 Å². The van der Waals surface area contributed by atoms with Crippen LogP contribution in [0.3, 0.4) is 0 Å². The first kappa shape index (κ1) is 22.5. The van der Waals surface area contributed by atoms with Gasteiger partial charge in [-0.1, -0.05) is 6.07 Å². The normalized spacial score (nSPS) is 21.4. The summed E-state index contributed by atoms with van der Waals surface area (Å²) in [5.41, 5.74) is 1.34. The molecule has 0 saturated carbocycles. The molecule has 2 fully saturated rings. The average Bonchev–Trinajstić information content (AvgIpc) is 3.37. The molecule has 2 aromatic rings. The minimum absolute atomic E-state index is 0.0434. The van der Waals surface area contributed by atoms with Gasteiger partial charge >= 0.3 is 6.36 Å². The van der Waals surface area contributed by atoms with Gasteiger partial charge in [0.15, 0.2) is 11.5 Å². The summed E-state index contributed by atoms with van der Waals surface area (Å²) >= 11 is 0. The predicted molar refractivity (Wildman–Crippen MR) is 113 cm³/mol. The first-order valence-corrected chi connectivity index (χ1v) is 10.8. The molecule has 3 aliphatic heterocycles. The molecule has 11 heteroatoms. The second-order valence-corrected chi connectivity index (χ2v) is 8.33. The molecule has 0 radical (unpaired) electrons. The molecule has 180 valence electrons. The maximum absolute atomic E-state index is 13.0. The van der Waals surface area contributed by atoms with Gasteiger partial charge in [0.25, 0.3) is 5.91 Å². The Morgan fingerprint density at radius 1 is 0.941 bits per heavy atom. The fraction of sp³-hybridized carbons (Fsp3) is 0.391. The molecular formula is C23H22F3N3O5. The SMILES string of the molecule is O=C1CC(N2CCN(Cc3ccc4c(c3)OCO4)CC2)C(=O)N1c1ccc(OC(F)(F)F)cc1. The second kappa shape index (κ2) is 8.80. The molecule has 2 amide bonds. The fourth-order valence-electron chi connectivity index (χ4n) is 4.50. The zero-order valence-corrected chi connectivity index (χ0v) is 18.1. The van der Waals surface area contributed by atoms with Crippen LogP contribution in [-0.2, 0) is 16.1 Å². The van der Waals surface area contributed by atoms with Crippen LogP contribution in [0.4, 0.5) is 18.9 Å². The Bertz CT molecular complexity index is 1080. The number of amides is 2. The number of nitrogens with zero attached hydrogens (tertiary/aromatic N) is 3. The van der Waals surface area contributed by atoms with E-state index in [1.54, 1.807) is 0 Å². The molecule has 2 saturated heterocycles. The van der Waals surface area contributed by atoms with Crippen LogP contribution in [0.15, 0.2) is 42.5 Å². The molecule has 3 aliphatic rings. The second-order valence-electron chi connectivity index (χ2n) is 8.33. The Morgan fingerprint density at radius 3 is 2.35 bits per heavy atom. The zero-order valence-electron chi connectivity index (χ0n) is 18.1. The average molecular weight is 477 g/mol. The molecule has 34 heavy (non-hydrogen) atoms. The maximum Gasteiger partial charge on any atom is 0.573 e. The molecule has 1 atom stereocenters. The number of alkyl halides is 3. The van der Waals surface area contributed by atoms with Gasteiger partial charge in [-0.05, 0) is 42.0 Å². The lowest BCUT2D eigenvalue weighted by Crippen LogP contribution is -2.52. The van der Waals surface area contributed by atoms with Crippen molar-refractivity contribution in [2.24, 2.45) is 0 Å². The van der Waals surface area contributed by atoms with Crippen molar-refractivity contribution in [2.45, 2.75) is 25.4 Å². The number of carbonyl (C=O) groups excluding carboxylic acids is 2. The van der Waals surface area contributed by atoms with E-state index in [1.165, 1.54) is 12.1 Å². The maximum atomic E-state index is 13.0. The van der Waals surface area contributed by atoms with Crippen LogP contribution in [0.5, 0.6) is 17.2 Å². The van der Waals surface area contributed by atoms with Crippen LogP contribution in [0.25, 0.3) is 0 Å². The van der Waals surface area contributed by atoms with Gasteiger partial charge in [0, 0.05) is 32.7 Å². The van der Waals surface area contributed by atoms with E-state index in [4.69, 9.17) is 9.47 Å². The Labute approximate surface area is 193 Å². The molecule has 0 aliphatic carbocycles. The zero-order chi connectivity index (χ0) is 23.9. The first-order valence-electron chi connectivity index (χ1n) is 10.8. The number of halogens is 3. The number of piperazine rings is 1. The van der Waals surface area contributed by atoms with Gasteiger partial charge in [0.2, 0.25) is 12.7 Å². The van der Waals surface area contributed by atoms with Gasteiger partial charge < -0.3 is 14.2 Å². The van der Waals surface area contributed by atoms with Gasteiger partial charge in [0.05, 0.1) is 18.2 Å². The van der Waals surface area contributed by atoms with Gasteiger partial charge in [0.1, 0.15) is 5.75 Å². The quantitative estimate of drug-likeness (QED) is 0.614. The number of benzene rings is 2. The van der Waals surface area contributed by atoms with E-state index in [2.05, 4.69) is 9.64 Å². The Kier molecular flexibility index (Phi) is 5.82. The molecule has 2 aromatic carbocycles. The van der Waals surface area contributed by atoms with Crippen molar-refractivity contribution in [1.29, 1.82) is 0 Å². The van der Waals surface area contributed by atoms with Crippen LogP contribution < -0.4 is 19.1 Å². The molecule has 0 aromatic heterocycles. The lowest BCUT2D eigenvalue weighted by Gasteiger charge is -2.37. The predicted octanol–water partition coefficient (Wildman–Crippen LogP) is 2.76. The third-order valence-electron chi connectivity index (χ3n) is 6.14. The van der Waals surface area contributed by atoms with Gasteiger partial charge in [-0.25, -0.2) is 4.90 Å². The minimum atomic E-state index is -4.81. The van der Waals surface area contributed by atoms with Crippen LogP contribution in [0.2, 0.25) is 0 Å². The van der Waals surface area contributed by atoms with E-state index in [0.717, 1.165) is 53.7 Å². The molecule has 1 unspecified atom stereocenters. The highest BCUT2D eigenvalue weighted by atomic mass is 19.4. The summed E-state index contributed by atoms with van der Waals surface area (Å²) in [7, 11) is 0. The van der Waals surface area contributed by atoms with E-state index in [9.17, 15) is 22.8 Å². The molecular weight excluding hydrogens is 455 g/mol. The minimum Gasteiger partial charge on any atom is -0.454 e. The van der Waals surface area contributed by atoms with E-state index in [-0.39, 0.29) is 30.7 Å². The lowest BCUT2D eigenvalue weighted by atomic mass is 10.1. The van der Waals surface area contributed by atoms with Crippen LogP contribution >= 0.6 is 0 Å². The highest BCUT2D eigenvalue weighted by molar-refractivity contribution is 6.22. The summed E-state index contributed by atoms with van der Waals surface area (Å²) in [4.78, 5) is 30.9. The number of imide groups is 1. The Balaban J connectivity index is 1.18. The van der Waals surface area contributed by atoms with Crippen LogP contribution in [0, 0.1) is 0 Å². The fourth-order valence-corrected chi connectivity index (χ4v) is 4.50. The van der Waals surface area contributed by atoms with Crippen molar-refractivity contribution < 1.29 is 37.0 Å². The largest absolute Gasteiger partial charge is 0.573 e. The topological polar surface area (TPSA) is 71.6 Å². The van der Waals surface area contributed by atoms with Crippen molar-refractivity contribution in [2.75, 3.05) is 37.9 Å². The van der Waals surface area contributed by atoms with Crippen molar-refractivity contribution in [1.82, 2.24) is 9.80 Å². The number of carbonyl (C=O) groups is 2. The highest BCUT2D eigenvalue weighted by Gasteiger charge is 2.43. The van der Waals surface area contributed by atoms with Gasteiger partial charge in [-0.15, -0.1) is 13.2 Å². The van der Waals surface area contributed by atoms with Gasteiger partial charge in [-0.2, -0.15) is 0 Å². The smallest absolute Gasteiger partial charge is 0.454 e. The summed E-state index contributed by atoms with van der Waals surface area (Å²) < 4.78 is 51.7. The molecule has 0 N–H and O–H groups in total. The molecule has 0 bridgehead atoms. The van der Waals surface area contributed by atoms with E-state index < -0.39 is 18.2 Å². The summed E-state index contributed by atoms with van der Waals surface area (Å²) in [6, 6.07) is 10.0. The number of anilines is 1. The number of rotatable bonds is 5. The van der Waals surface area contributed by atoms with E-state index >= 15 is 0 Å². The Morgan fingerprint density at radius 2 is 1.65 bits per heavy atom. The molecule has 3 heterocycles. The summed E-state index contributed by atoms with van der Waals surface area (Å²) in [5.74, 6) is 0.334. The molecule has 0 spiro atoms. The number of fused-ring (bicyclic) bond motifs is 1. The van der Waals surface area contributed by atoms with E-state index in [0.29, 0.717) is 13.1 Å². The third-order valence-corrected chi connectivity index (χ3v) is 6.14. The van der Waals surface area contributed by atoms with Crippen LogP contribution in [0.1, 0.15) is 12.0 Å². The summed E-state index contributed by atoms with van der Waals surface area (Å²) in [6.45, 7) is 3.68. The number of hydrogen-bond donors (Lipinski definition) is 0. The van der Waals surface area contributed by atoms with Gasteiger partial charge in [-0.3, -0.25) is 19.4 Å². The molecule has 5 rings (SSSR count). The summed E-state index contributed by atoms with van der Waals surface area (Å²) in [6.07, 6.45) is -4.77. The number of hydrogen-bond acceptors (Lipinski definition) is 7. The standard InChI is InChI=1S/C23H22F3N3O5/c24-23(25,26)34-17-4-2-16(3-5-17)29-21(30)12-18(22(29)31)28-9-7-27(8-10-28)13-15-1-6-19-20(11-15)33-14-32-19/h1-6,11,18H,7-10,12-14H2. The third kappa shape index (κ3) is 4.66. The van der Waals surface area contributed by atoms with E-state index in [1.807, 2.05) is 23.1 Å². The summed E-state index contributed by atoms with van der Waals surface area (Å²) in [5, 5.41) is 0. The molecule has 8 nitrogen and oxygen atoms in total. The first-order chi connectivity index (χ1) is 16.3.